The molecule has 2 aliphatic rings. The van der Waals surface area contributed by atoms with E-state index in [4.69, 9.17) is 4.74 Å². The zero-order chi connectivity index (χ0) is 9.68. The van der Waals surface area contributed by atoms with Crippen molar-refractivity contribution in [3.8, 4) is 0 Å². The molecule has 0 saturated heterocycles. The smallest absolute Gasteiger partial charge is 0.138 e. The highest BCUT2D eigenvalue weighted by Gasteiger charge is 2.15. The van der Waals surface area contributed by atoms with Gasteiger partial charge in [-0.3, -0.25) is 0 Å². The average molecular weight is 181 g/mol. The Morgan fingerprint density at radius 1 is 1.31 bits per heavy atom. The highest BCUT2D eigenvalue weighted by atomic mass is 16.5. The molecule has 0 aromatic carbocycles. The first-order valence-corrected chi connectivity index (χ1v) is 5.13. The standard InChI is InChI=1S/C9H13NO.C2H6/c1-7-2-3-8-9(6-7)11-5-4-10-8;1-2/h6,10H,2-5H2,1H3;1-2H3. The molecule has 1 aliphatic heterocycles. The van der Waals surface area contributed by atoms with Gasteiger partial charge < -0.3 is 10.1 Å². The fourth-order valence-electron chi connectivity index (χ4n) is 1.50. The highest BCUT2D eigenvalue weighted by Crippen LogP contribution is 2.24. The van der Waals surface area contributed by atoms with E-state index in [0.717, 1.165) is 25.3 Å². The third-order valence-electron chi connectivity index (χ3n) is 2.14. The van der Waals surface area contributed by atoms with E-state index in [0.29, 0.717) is 0 Å². The number of rotatable bonds is 0. The minimum Gasteiger partial charge on any atom is -0.490 e. The number of ether oxygens (including phenoxy) is 1. The molecule has 0 radical (unpaired) electrons. The Balaban J connectivity index is 0.000000396. The van der Waals surface area contributed by atoms with Gasteiger partial charge in [0.05, 0.1) is 5.70 Å². The van der Waals surface area contributed by atoms with Gasteiger partial charge in [-0.15, -0.1) is 0 Å². The molecule has 0 bridgehead atoms. The first-order valence-electron chi connectivity index (χ1n) is 5.13. The molecule has 2 heteroatoms. The maximum absolute atomic E-state index is 5.49. The first-order chi connectivity index (χ1) is 6.36. The number of hydrogen-bond donors (Lipinski definition) is 1. The molecule has 0 aromatic heterocycles. The van der Waals surface area contributed by atoms with Crippen molar-refractivity contribution in [2.24, 2.45) is 0 Å². The summed E-state index contributed by atoms with van der Waals surface area (Å²) in [5.74, 6) is 1.07. The van der Waals surface area contributed by atoms with Crippen LogP contribution in [0.3, 0.4) is 0 Å². The van der Waals surface area contributed by atoms with E-state index in [9.17, 15) is 0 Å². The van der Waals surface area contributed by atoms with E-state index in [1.54, 1.807) is 0 Å². The predicted molar refractivity (Wildman–Crippen MR) is 55.3 cm³/mol. The third-order valence-corrected chi connectivity index (χ3v) is 2.14. The van der Waals surface area contributed by atoms with E-state index in [2.05, 4.69) is 18.3 Å². The zero-order valence-electron chi connectivity index (χ0n) is 8.81. The van der Waals surface area contributed by atoms with Gasteiger partial charge in [0.15, 0.2) is 0 Å². The molecule has 1 aliphatic carbocycles. The molecule has 0 fully saturated rings. The van der Waals surface area contributed by atoms with Crippen LogP contribution in [0.15, 0.2) is 23.1 Å². The maximum Gasteiger partial charge on any atom is 0.138 e. The van der Waals surface area contributed by atoms with E-state index in [1.807, 2.05) is 13.8 Å². The predicted octanol–water partition coefficient (Wildman–Crippen LogP) is 2.58. The van der Waals surface area contributed by atoms with Crippen LogP contribution in [0.1, 0.15) is 33.6 Å². The fraction of sp³-hybridized carbons (Fsp3) is 0.636. The monoisotopic (exact) mass is 181 g/mol. The normalized spacial score (nSPS) is 20.1. The second-order valence-corrected chi connectivity index (χ2v) is 3.11. The van der Waals surface area contributed by atoms with Crippen LogP contribution in [-0.2, 0) is 4.74 Å². The van der Waals surface area contributed by atoms with Crippen molar-refractivity contribution in [1.82, 2.24) is 5.32 Å². The van der Waals surface area contributed by atoms with Crippen LogP contribution >= 0.6 is 0 Å². The van der Waals surface area contributed by atoms with E-state index in [1.165, 1.54) is 17.7 Å². The average Bonchev–Trinajstić information content (AvgIpc) is 2.21. The van der Waals surface area contributed by atoms with Crippen molar-refractivity contribution >= 4 is 0 Å². The second kappa shape index (κ2) is 4.95. The summed E-state index contributed by atoms with van der Waals surface area (Å²) in [6.07, 6.45) is 4.44. The van der Waals surface area contributed by atoms with Crippen LogP contribution in [0, 0.1) is 0 Å². The number of hydrogen-bond acceptors (Lipinski definition) is 2. The van der Waals surface area contributed by atoms with Gasteiger partial charge in [0.25, 0.3) is 0 Å². The van der Waals surface area contributed by atoms with Crippen LogP contribution in [0.5, 0.6) is 0 Å². The Morgan fingerprint density at radius 3 is 2.85 bits per heavy atom. The maximum atomic E-state index is 5.49. The molecule has 1 N–H and O–H groups in total. The largest absolute Gasteiger partial charge is 0.490 e. The van der Waals surface area contributed by atoms with Crippen LogP contribution in [0.25, 0.3) is 0 Å². The molecule has 2 nitrogen and oxygen atoms in total. The molecule has 13 heavy (non-hydrogen) atoms. The zero-order valence-corrected chi connectivity index (χ0v) is 8.81. The minimum absolute atomic E-state index is 0.808. The summed E-state index contributed by atoms with van der Waals surface area (Å²) in [5, 5.41) is 3.35. The van der Waals surface area contributed by atoms with Gasteiger partial charge in [-0.1, -0.05) is 19.4 Å². The van der Waals surface area contributed by atoms with Crippen molar-refractivity contribution < 1.29 is 4.74 Å². The Morgan fingerprint density at radius 2 is 2.08 bits per heavy atom. The molecule has 0 spiro atoms. The van der Waals surface area contributed by atoms with Crippen LogP contribution in [-0.4, -0.2) is 13.2 Å². The Kier molecular flexibility index (Phi) is 3.87. The van der Waals surface area contributed by atoms with Crippen molar-refractivity contribution in [2.75, 3.05) is 13.2 Å². The lowest BCUT2D eigenvalue weighted by Gasteiger charge is -2.24. The lowest BCUT2D eigenvalue weighted by Crippen LogP contribution is -2.27. The first kappa shape index (κ1) is 10.2. The number of allylic oxidation sites excluding steroid dienone is 3. The Hall–Kier alpha value is -0.920. The fourth-order valence-corrected chi connectivity index (χ4v) is 1.50. The molecule has 0 amide bonds. The van der Waals surface area contributed by atoms with Crippen LogP contribution in [0.4, 0.5) is 0 Å². The summed E-state index contributed by atoms with van der Waals surface area (Å²) in [7, 11) is 0. The van der Waals surface area contributed by atoms with Gasteiger partial charge in [-0.05, 0) is 25.8 Å². The molecular formula is C11H19NO. The number of nitrogens with one attached hydrogen (secondary N) is 1. The van der Waals surface area contributed by atoms with E-state index < -0.39 is 0 Å². The highest BCUT2D eigenvalue weighted by molar-refractivity contribution is 5.28. The summed E-state index contributed by atoms with van der Waals surface area (Å²) in [4.78, 5) is 0. The third kappa shape index (κ3) is 2.51. The van der Waals surface area contributed by atoms with Gasteiger partial charge in [-0.2, -0.15) is 0 Å². The Labute approximate surface area is 80.7 Å². The lowest BCUT2D eigenvalue weighted by atomic mass is 10.0. The van der Waals surface area contributed by atoms with Crippen LogP contribution in [0.2, 0.25) is 0 Å². The van der Waals surface area contributed by atoms with Crippen molar-refractivity contribution in [3.05, 3.63) is 23.1 Å². The second-order valence-electron chi connectivity index (χ2n) is 3.11. The van der Waals surface area contributed by atoms with Crippen molar-refractivity contribution in [1.29, 1.82) is 0 Å². The van der Waals surface area contributed by atoms with Gasteiger partial charge >= 0.3 is 0 Å². The summed E-state index contributed by atoms with van der Waals surface area (Å²) in [6.45, 7) is 7.93. The van der Waals surface area contributed by atoms with Gasteiger partial charge in [-0.25, -0.2) is 0 Å². The van der Waals surface area contributed by atoms with Crippen molar-refractivity contribution in [2.45, 2.75) is 33.6 Å². The molecule has 1 heterocycles. The molecule has 0 saturated carbocycles. The van der Waals surface area contributed by atoms with Gasteiger partial charge in [0.1, 0.15) is 12.4 Å². The molecule has 0 aromatic rings. The van der Waals surface area contributed by atoms with E-state index >= 15 is 0 Å². The molecule has 2 rings (SSSR count). The topological polar surface area (TPSA) is 21.3 Å². The summed E-state index contributed by atoms with van der Waals surface area (Å²) in [5.41, 5.74) is 2.72. The quantitative estimate of drug-likeness (QED) is 0.620. The summed E-state index contributed by atoms with van der Waals surface area (Å²) >= 11 is 0. The lowest BCUT2D eigenvalue weighted by molar-refractivity contribution is 0.199. The molecule has 0 atom stereocenters. The molecular weight excluding hydrogens is 162 g/mol. The van der Waals surface area contributed by atoms with E-state index in [-0.39, 0.29) is 0 Å². The molecule has 0 unspecified atom stereocenters. The van der Waals surface area contributed by atoms with Crippen molar-refractivity contribution in [3.63, 3.8) is 0 Å². The summed E-state index contributed by atoms with van der Waals surface area (Å²) in [6, 6.07) is 0. The SMILES string of the molecule is CC.CC1=CC2=C(CC1)NCCO2. The van der Waals surface area contributed by atoms with Gasteiger partial charge in [0.2, 0.25) is 0 Å². The summed E-state index contributed by atoms with van der Waals surface area (Å²) < 4.78 is 5.49. The van der Waals surface area contributed by atoms with Gasteiger partial charge in [0, 0.05) is 6.54 Å². The minimum atomic E-state index is 0.808. The Bertz CT molecular complexity index is 228. The van der Waals surface area contributed by atoms with Crippen LogP contribution < -0.4 is 5.32 Å². The molecule has 74 valence electrons.